The van der Waals surface area contributed by atoms with Crippen LogP contribution in [0.15, 0.2) is 16.0 Å². The first kappa shape index (κ1) is 17.4. The molecular weight excluding hydrogens is 316 g/mol. The van der Waals surface area contributed by atoms with E-state index < -0.39 is 11.9 Å². The van der Waals surface area contributed by atoms with Crippen molar-refractivity contribution in [1.29, 1.82) is 0 Å². The standard InChI is InChI=1S/C15H21N4O3S/c1-5-19(6-2)11(20)9-23-10-7-8-16-13-12(10)14(21)18(4)15(22)17(13)3/h7-8,12H,5-6,9H2,1-4H3/q+1. The number of rotatable bonds is 5. The van der Waals surface area contributed by atoms with Crippen LogP contribution in [0.1, 0.15) is 13.8 Å². The Kier molecular flexibility index (Phi) is 5.35. The molecule has 0 saturated carbocycles. The van der Waals surface area contributed by atoms with Gasteiger partial charge in [-0.1, -0.05) is 0 Å². The maximum Gasteiger partial charge on any atom is 0.445 e. The fourth-order valence-corrected chi connectivity index (χ4v) is 3.56. The van der Waals surface area contributed by atoms with Gasteiger partial charge in [-0.2, -0.15) is 9.48 Å². The number of hydrogen-bond donors (Lipinski definition) is 0. The van der Waals surface area contributed by atoms with E-state index in [9.17, 15) is 14.4 Å². The van der Waals surface area contributed by atoms with E-state index in [1.807, 2.05) is 13.8 Å². The third-order valence-electron chi connectivity index (χ3n) is 3.96. The highest BCUT2D eigenvalue weighted by Gasteiger charge is 2.47. The van der Waals surface area contributed by atoms with Crippen molar-refractivity contribution in [2.45, 2.75) is 13.8 Å². The number of amidine groups is 1. The number of dihydropyridines is 1. The summed E-state index contributed by atoms with van der Waals surface area (Å²) in [5.41, 5.74) is 0. The number of carbonyl (C=O) groups excluding carboxylic acids is 3. The minimum absolute atomic E-state index is 0.0333. The van der Waals surface area contributed by atoms with E-state index in [2.05, 4.69) is 4.99 Å². The summed E-state index contributed by atoms with van der Waals surface area (Å²) in [6.07, 6.45) is 3.31. The Bertz CT molecular complexity index is 635. The molecule has 8 heteroatoms. The smallest absolute Gasteiger partial charge is 0.343 e. The summed E-state index contributed by atoms with van der Waals surface area (Å²) in [4.78, 5) is 44.3. The second-order valence-electron chi connectivity index (χ2n) is 5.23. The summed E-state index contributed by atoms with van der Waals surface area (Å²) >= 11 is 1.33. The summed E-state index contributed by atoms with van der Waals surface area (Å²) in [6, 6.07) is -0.399. The quantitative estimate of drug-likeness (QED) is 0.696. The summed E-state index contributed by atoms with van der Waals surface area (Å²) in [7, 11) is 3.05. The van der Waals surface area contributed by atoms with Crippen molar-refractivity contribution >= 4 is 41.7 Å². The molecule has 2 aliphatic heterocycles. The zero-order valence-electron chi connectivity index (χ0n) is 13.8. The van der Waals surface area contributed by atoms with Gasteiger partial charge in [0.25, 0.3) is 5.84 Å². The fraction of sp³-hybridized carbons (Fsp3) is 0.533. The van der Waals surface area contributed by atoms with Crippen molar-refractivity contribution in [3.63, 3.8) is 0 Å². The molecule has 0 spiro atoms. The molecule has 0 bridgehead atoms. The number of nitrogens with zero attached hydrogens (tertiary/aromatic N) is 4. The van der Waals surface area contributed by atoms with Crippen molar-refractivity contribution in [2.24, 2.45) is 10.9 Å². The first-order valence-electron chi connectivity index (χ1n) is 7.49. The Hall–Kier alpha value is -1.96. The second-order valence-corrected chi connectivity index (χ2v) is 6.28. The highest BCUT2D eigenvalue weighted by molar-refractivity contribution is 8.03. The number of thioether (sulfide) groups is 1. The topological polar surface area (TPSA) is 73.1 Å². The number of imide groups is 1. The number of aliphatic imine (C=N–C) groups is 1. The molecule has 1 unspecified atom stereocenters. The van der Waals surface area contributed by atoms with Crippen LogP contribution in [0.3, 0.4) is 0 Å². The maximum absolute atomic E-state index is 12.5. The molecule has 0 N–H and O–H groups in total. The molecule has 0 saturated heterocycles. The predicted octanol–water partition coefficient (Wildman–Crippen LogP) is 0.805. The Labute approximate surface area is 139 Å². The lowest BCUT2D eigenvalue weighted by Crippen LogP contribution is -2.52. The molecule has 0 fully saturated rings. The summed E-state index contributed by atoms with van der Waals surface area (Å²) < 4.78 is 1.38. The molecule has 2 aliphatic rings. The molecule has 23 heavy (non-hydrogen) atoms. The average Bonchev–Trinajstić information content (AvgIpc) is 2.56. The molecule has 0 aromatic rings. The molecule has 0 radical (unpaired) electrons. The van der Waals surface area contributed by atoms with Gasteiger partial charge in [-0.3, -0.25) is 9.59 Å². The van der Waals surface area contributed by atoms with Gasteiger partial charge in [0.2, 0.25) is 5.91 Å². The van der Waals surface area contributed by atoms with Crippen molar-refractivity contribution in [2.75, 3.05) is 32.9 Å². The number of amides is 4. The molecule has 0 aliphatic carbocycles. The van der Waals surface area contributed by atoms with E-state index in [0.717, 1.165) is 9.81 Å². The second kappa shape index (κ2) is 7.08. The Morgan fingerprint density at radius 2 is 2.04 bits per heavy atom. The van der Waals surface area contributed by atoms with Crippen LogP contribution in [0.25, 0.3) is 0 Å². The molecule has 4 amide bonds. The van der Waals surface area contributed by atoms with Gasteiger partial charge in [0, 0.05) is 18.0 Å². The zero-order valence-corrected chi connectivity index (χ0v) is 14.6. The molecule has 2 heterocycles. The summed E-state index contributed by atoms with van der Waals surface area (Å²) in [6.45, 7) is 5.20. The lowest BCUT2D eigenvalue weighted by molar-refractivity contribution is -0.407. The van der Waals surface area contributed by atoms with Gasteiger partial charge in [-0.05, 0) is 19.9 Å². The van der Waals surface area contributed by atoms with Crippen LogP contribution in [-0.2, 0) is 9.59 Å². The van der Waals surface area contributed by atoms with Crippen LogP contribution in [0.5, 0.6) is 0 Å². The van der Waals surface area contributed by atoms with Crippen LogP contribution in [0.2, 0.25) is 0 Å². The molecule has 1 atom stereocenters. The van der Waals surface area contributed by atoms with Gasteiger partial charge in [-0.15, -0.1) is 16.8 Å². The normalized spacial score (nSPS) is 20.6. The summed E-state index contributed by atoms with van der Waals surface area (Å²) in [5.74, 6) is -0.208. The Morgan fingerprint density at radius 3 is 2.65 bits per heavy atom. The predicted molar refractivity (Wildman–Crippen MR) is 89.8 cm³/mol. The maximum atomic E-state index is 12.5. The van der Waals surface area contributed by atoms with Gasteiger partial charge >= 0.3 is 11.9 Å². The van der Waals surface area contributed by atoms with E-state index in [0.29, 0.717) is 18.9 Å². The van der Waals surface area contributed by atoms with Gasteiger partial charge in [0.05, 0.1) is 19.8 Å². The largest absolute Gasteiger partial charge is 0.445 e. The number of urea groups is 1. The van der Waals surface area contributed by atoms with Gasteiger partial charge in [0.1, 0.15) is 6.21 Å². The van der Waals surface area contributed by atoms with E-state index >= 15 is 0 Å². The van der Waals surface area contributed by atoms with Gasteiger partial charge in [0.15, 0.2) is 5.92 Å². The third-order valence-corrected chi connectivity index (χ3v) is 5.06. The lowest BCUT2D eigenvalue weighted by Gasteiger charge is -2.26. The zero-order chi connectivity index (χ0) is 17.1. The summed E-state index contributed by atoms with van der Waals surface area (Å²) in [5, 5.41) is 0. The van der Waals surface area contributed by atoms with Gasteiger partial charge < -0.3 is 4.90 Å². The fourth-order valence-electron chi connectivity index (χ4n) is 2.55. The Balaban J connectivity index is 2.19. The molecule has 7 nitrogen and oxygen atoms in total. The highest BCUT2D eigenvalue weighted by Crippen LogP contribution is 2.31. The van der Waals surface area contributed by atoms with Crippen LogP contribution >= 0.6 is 11.8 Å². The first-order valence-corrected chi connectivity index (χ1v) is 8.47. The first-order chi connectivity index (χ1) is 10.9. The number of fused-ring (bicyclic) bond motifs is 1. The molecule has 0 aromatic heterocycles. The monoisotopic (exact) mass is 337 g/mol. The number of hydrogen-bond acceptors (Lipinski definition) is 5. The van der Waals surface area contributed by atoms with E-state index in [-0.39, 0.29) is 17.6 Å². The highest BCUT2D eigenvalue weighted by atomic mass is 32.2. The molecule has 124 valence electrons. The van der Waals surface area contributed by atoms with E-state index in [1.165, 1.54) is 23.4 Å². The van der Waals surface area contributed by atoms with Crippen LogP contribution in [-0.4, -0.2) is 77.2 Å². The van der Waals surface area contributed by atoms with Gasteiger partial charge in [-0.25, -0.2) is 4.79 Å². The Morgan fingerprint density at radius 1 is 1.39 bits per heavy atom. The van der Waals surface area contributed by atoms with Crippen LogP contribution in [0.4, 0.5) is 4.79 Å². The molecule has 0 aromatic carbocycles. The molecule has 2 rings (SSSR count). The van der Waals surface area contributed by atoms with Crippen LogP contribution in [0, 0.1) is 5.92 Å². The minimum Gasteiger partial charge on any atom is -0.343 e. The van der Waals surface area contributed by atoms with Crippen molar-refractivity contribution in [1.82, 2.24) is 9.80 Å². The van der Waals surface area contributed by atoms with Crippen molar-refractivity contribution in [3.05, 3.63) is 11.0 Å². The SMILES string of the molecule is CCN(CC)C(=O)CSC1=CC=NC2=[N+](C)C(=O)N(C)C(=O)C12. The van der Waals surface area contributed by atoms with Crippen LogP contribution < -0.4 is 0 Å². The third kappa shape index (κ3) is 3.21. The number of carbonyl (C=O) groups is 3. The van der Waals surface area contributed by atoms with E-state index in [4.69, 9.17) is 0 Å². The molecular formula is C15H21N4O3S+. The number of allylic oxidation sites excluding steroid dienone is 1. The van der Waals surface area contributed by atoms with E-state index in [1.54, 1.807) is 24.2 Å². The average molecular weight is 337 g/mol. The lowest BCUT2D eigenvalue weighted by atomic mass is 10.0. The minimum atomic E-state index is -0.609. The van der Waals surface area contributed by atoms with Crippen molar-refractivity contribution in [3.8, 4) is 0 Å². The van der Waals surface area contributed by atoms with Crippen molar-refractivity contribution < 1.29 is 19.0 Å².